The zero-order valence-electron chi connectivity index (χ0n) is 10.9. The van der Waals surface area contributed by atoms with Crippen molar-refractivity contribution < 1.29 is 0 Å². The standard InChI is InChI=1S/C14H22N2S/c1-13(2,15)12-16-10-5-8-14(6-3-4-7-14)9-11(10)17-12/h3-9,15H2,1-2H3. The van der Waals surface area contributed by atoms with Gasteiger partial charge in [-0.05, 0) is 51.4 Å². The maximum Gasteiger partial charge on any atom is 0.112 e. The van der Waals surface area contributed by atoms with Crippen LogP contribution in [0.1, 0.15) is 61.5 Å². The van der Waals surface area contributed by atoms with E-state index in [-0.39, 0.29) is 5.54 Å². The molecule has 1 heterocycles. The SMILES string of the molecule is CC(C)(N)c1nc2c(s1)CC1(CCCC1)CC2. The Hall–Kier alpha value is -0.410. The van der Waals surface area contributed by atoms with Crippen LogP contribution in [-0.4, -0.2) is 4.98 Å². The number of aromatic nitrogens is 1. The summed E-state index contributed by atoms with van der Waals surface area (Å²) in [6.07, 6.45) is 9.55. The van der Waals surface area contributed by atoms with Crippen molar-refractivity contribution in [3.8, 4) is 0 Å². The van der Waals surface area contributed by atoms with Crippen molar-refractivity contribution >= 4 is 11.3 Å². The average Bonchev–Trinajstić information content (AvgIpc) is 2.84. The number of nitrogens with zero attached hydrogens (tertiary/aromatic N) is 1. The van der Waals surface area contributed by atoms with Crippen molar-refractivity contribution in [3.05, 3.63) is 15.6 Å². The van der Waals surface area contributed by atoms with Crippen molar-refractivity contribution in [1.82, 2.24) is 4.98 Å². The Bertz CT molecular complexity index is 422. The van der Waals surface area contributed by atoms with E-state index in [1.54, 1.807) is 0 Å². The highest BCUT2D eigenvalue weighted by molar-refractivity contribution is 7.11. The van der Waals surface area contributed by atoms with Gasteiger partial charge in [0.2, 0.25) is 0 Å². The number of thiazole rings is 1. The molecule has 94 valence electrons. The summed E-state index contributed by atoms with van der Waals surface area (Å²) in [6, 6.07) is 0. The van der Waals surface area contributed by atoms with E-state index in [0.29, 0.717) is 5.41 Å². The summed E-state index contributed by atoms with van der Waals surface area (Å²) in [5.41, 5.74) is 7.87. The van der Waals surface area contributed by atoms with Gasteiger partial charge in [0.15, 0.2) is 0 Å². The zero-order valence-corrected chi connectivity index (χ0v) is 11.7. The topological polar surface area (TPSA) is 38.9 Å². The Labute approximate surface area is 108 Å². The van der Waals surface area contributed by atoms with Gasteiger partial charge < -0.3 is 5.73 Å². The molecule has 0 radical (unpaired) electrons. The minimum atomic E-state index is -0.273. The fourth-order valence-electron chi connectivity index (χ4n) is 3.36. The molecule has 0 unspecified atom stereocenters. The number of hydrogen-bond acceptors (Lipinski definition) is 3. The van der Waals surface area contributed by atoms with Crippen molar-refractivity contribution in [3.63, 3.8) is 0 Å². The lowest BCUT2D eigenvalue weighted by Gasteiger charge is -2.32. The molecule has 1 aromatic rings. The van der Waals surface area contributed by atoms with E-state index in [1.165, 1.54) is 55.5 Å². The van der Waals surface area contributed by atoms with E-state index in [0.717, 1.165) is 5.01 Å². The van der Waals surface area contributed by atoms with Crippen LogP contribution in [0, 0.1) is 5.41 Å². The van der Waals surface area contributed by atoms with Crippen molar-refractivity contribution in [1.29, 1.82) is 0 Å². The summed E-state index contributed by atoms with van der Waals surface area (Å²) >= 11 is 1.87. The molecule has 0 atom stereocenters. The highest BCUT2D eigenvalue weighted by atomic mass is 32.1. The van der Waals surface area contributed by atoms with Crippen LogP contribution in [0.2, 0.25) is 0 Å². The van der Waals surface area contributed by atoms with Crippen molar-refractivity contribution in [2.75, 3.05) is 0 Å². The van der Waals surface area contributed by atoms with Gasteiger partial charge in [-0.15, -0.1) is 11.3 Å². The average molecular weight is 250 g/mol. The predicted octanol–water partition coefficient (Wildman–Crippen LogP) is 3.39. The lowest BCUT2D eigenvalue weighted by Crippen LogP contribution is -2.28. The van der Waals surface area contributed by atoms with Gasteiger partial charge >= 0.3 is 0 Å². The highest BCUT2D eigenvalue weighted by Crippen LogP contribution is 2.49. The molecule has 0 aromatic carbocycles. The zero-order chi connectivity index (χ0) is 12.1. The number of hydrogen-bond donors (Lipinski definition) is 1. The maximum absolute atomic E-state index is 6.16. The number of fused-ring (bicyclic) bond motifs is 1. The molecule has 1 spiro atoms. The largest absolute Gasteiger partial charge is 0.320 e. The first kappa shape index (κ1) is 11.7. The third-order valence-electron chi connectivity index (χ3n) is 4.42. The van der Waals surface area contributed by atoms with Gasteiger partial charge in [0.1, 0.15) is 5.01 Å². The van der Waals surface area contributed by atoms with Gasteiger partial charge in [0.05, 0.1) is 11.2 Å². The smallest absolute Gasteiger partial charge is 0.112 e. The summed E-state index contributed by atoms with van der Waals surface area (Å²) in [7, 11) is 0. The van der Waals surface area contributed by atoms with Crippen LogP contribution in [0.25, 0.3) is 0 Å². The quantitative estimate of drug-likeness (QED) is 0.830. The molecule has 0 amide bonds. The summed E-state index contributed by atoms with van der Waals surface area (Å²) < 4.78 is 0. The fraction of sp³-hybridized carbons (Fsp3) is 0.786. The molecule has 0 aliphatic heterocycles. The number of aryl methyl sites for hydroxylation is 1. The molecule has 2 nitrogen and oxygen atoms in total. The number of nitrogens with two attached hydrogens (primary N) is 1. The van der Waals surface area contributed by atoms with Gasteiger partial charge in [-0.3, -0.25) is 0 Å². The van der Waals surface area contributed by atoms with E-state index in [4.69, 9.17) is 10.7 Å². The van der Waals surface area contributed by atoms with E-state index in [9.17, 15) is 0 Å². The van der Waals surface area contributed by atoms with Crippen molar-refractivity contribution in [2.24, 2.45) is 11.1 Å². The summed E-state index contributed by atoms with van der Waals surface area (Å²) in [6.45, 7) is 4.12. The second-order valence-electron chi connectivity index (χ2n) is 6.49. The Morgan fingerprint density at radius 3 is 2.59 bits per heavy atom. The summed E-state index contributed by atoms with van der Waals surface area (Å²) in [4.78, 5) is 6.30. The second kappa shape index (κ2) is 3.79. The van der Waals surface area contributed by atoms with Gasteiger partial charge in [-0.1, -0.05) is 12.8 Å². The third-order valence-corrected chi connectivity index (χ3v) is 5.86. The normalized spacial score (nSPS) is 23.0. The first-order chi connectivity index (χ1) is 7.99. The Morgan fingerprint density at radius 2 is 1.94 bits per heavy atom. The molecule has 0 saturated heterocycles. The first-order valence-electron chi connectivity index (χ1n) is 6.77. The van der Waals surface area contributed by atoms with E-state index < -0.39 is 0 Å². The molecule has 0 bridgehead atoms. The lowest BCUT2D eigenvalue weighted by molar-refractivity contribution is 0.256. The molecule has 1 saturated carbocycles. The lowest BCUT2D eigenvalue weighted by atomic mass is 9.74. The molecule has 17 heavy (non-hydrogen) atoms. The highest BCUT2D eigenvalue weighted by Gasteiger charge is 2.39. The Balaban J connectivity index is 1.90. The van der Waals surface area contributed by atoms with Crippen LogP contribution in [-0.2, 0) is 18.4 Å². The summed E-state index contributed by atoms with van der Waals surface area (Å²) in [5.74, 6) is 0. The minimum Gasteiger partial charge on any atom is -0.320 e. The fourth-order valence-corrected chi connectivity index (χ4v) is 4.65. The molecule has 1 aromatic heterocycles. The molecule has 2 aliphatic rings. The Kier molecular flexibility index (Phi) is 2.60. The molecule has 3 rings (SSSR count). The van der Waals surface area contributed by atoms with Gasteiger partial charge in [0.25, 0.3) is 0 Å². The predicted molar refractivity (Wildman–Crippen MR) is 72.3 cm³/mol. The first-order valence-corrected chi connectivity index (χ1v) is 7.58. The van der Waals surface area contributed by atoms with Crippen LogP contribution < -0.4 is 5.73 Å². The van der Waals surface area contributed by atoms with Crippen LogP contribution in [0.3, 0.4) is 0 Å². The van der Waals surface area contributed by atoms with Crippen molar-refractivity contribution in [2.45, 2.75) is 64.3 Å². The maximum atomic E-state index is 6.16. The Morgan fingerprint density at radius 1 is 1.24 bits per heavy atom. The molecule has 1 fully saturated rings. The van der Waals surface area contributed by atoms with E-state index >= 15 is 0 Å². The van der Waals surface area contributed by atoms with Crippen LogP contribution in [0.15, 0.2) is 0 Å². The molecule has 3 heteroatoms. The third kappa shape index (κ3) is 2.04. The van der Waals surface area contributed by atoms with Gasteiger partial charge in [0, 0.05) is 4.88 Å². The minimum absolute atomic E-state index is 0.273. The molecular formula is C14H22N2S. The monoisotopic (exact) mass is 250 g/mol. The summed E-state index contributed by atoms with van der Waals surface area (Å²) in [5, 5.41) is 1.12. The molecular weight excluding hydrogens is 228 g/mol. The van der Waals surface area contributed by atoms with Crippen LogP contribution >= 0.6 is 11.3 Å². The van der Waals surface area contributed by atoms with Gasteiger partial charge in [-0.2, -0.15) is 0 Å². The molecule has 2 aliphatic carbocycles. The number of rotatable bonds is 1. The van der Waals surface area contributed by atoms with Gasteiger partial charge in [-0.25, -0.2) is 4.98 Å². The molecule has 2 N–H and O–H groups in total. The van der Waals surface area contributed by atoms with Crippen LogP contribution in [0.4, 0.5) is 0 Å². The second-order valence-corrected chi connectivity index (χ2v) is 7.58. The van der Waals surface area contributed by atoms with E-state index in [2.05, 4.69) is 13.8 Å². The van der Waals surface area contributed by atoms with Crippen LogP contribution in [0.5, 0.6) is 0 Å². The van der Waals surface area contributed by atoms with E-state index in [1.807, 2.05) is 11.3 Å².